The maximum atomic E-state index is 5.35. The first-order chi connectivity index (χ1) is 11.8. The summed E-state index contributed by atoms with van der Waals surface area (Å²) < 4.78 is 5.35. The summed E-state index contributed by atoms with van der Waals surface area (Å²) in [6.07, 6.45) is 5.31. The topological polar surface area (TPSA) is 72.0 Å². The lowest BCUT2D eigenvalue weighted by Gasteiger charge is -2.10. The summed E-state index contributed by atoms with van der Waals surface area (Å²) in [4.78, 5) is 12.8. The van der Waals surface area contributed by atoms with Gasteiger partial charge in [-0.05, 0) is 23.8 Å². The van der Waals surface area contributed by atoms with Crippen LogP contribution in [-0.4, -0.2) is 22.1 Å². The summed E-state index contributed by atoms with van der Waals surface area (Å²) in [6.45, 7) is 1.26. The van der Waals surface area contributed by atoms with Gasteiger partial charge in [-0.15, -0.1) is 0 Å². The van der Waals surface area contributed by atoms with Crippen molar-refractivity contribution in [2.24, 2.45) is 0 Å². The number of rotatable bonds is 7. The van der Waals surface area contributed by atoms with Gasteiger partial charge in [0.25, 0.3) is 0 Å². The normalized spacial score (nSPS) is 10.2. The van der Waals surface area contributed by atoms with E-state index in [4.69, 9.17) is 4.74 Å². The number of nitrogens with one attached hydrogen (secondary N) is 2. The number of methoxy groups -OCH3 is 1. The molecule has 2 heterocycles. The highest BCUT2D eigenvalue weighted by molar-refractivity contribution is 5.42. The van der Waals surface area contributed by atoms with Gasteiger partial charge < -0.3 is 15.4 Å². The van der Waals surface area contributed by atoms with E-state index in [2.05, 4.69) is 25.6 Å². The van der Waals surface area contributed by atoms with Crippen LogP contribution in [0.3, 0.4) is 0 Å². The number of hydrogen-bond acceptors (Lipinski definition) is 6. The fourth-order valence-electron chi connectivity index (χ4n) is 2.26. The second kappa shape index (κ2) is 7.92. The molecule has 1 aromatic carbocycles. The number of hydrogen-bond donors (Lipinski definition) is 2. The fraction of sp³-hybridized carbons (Fsp3) is 0.167. The van der Waals surface area contributed by atoms with Crippen LogP contribution in [0, 0.1) is 0 Å². The molecule has 0 aliphatic carbocycles. The minimum Gasteiger partial charge on any atom is -0.496 e. The van der Waals surface area contributed by atoms with Crippen LogP contribution in [0.2, 0.25) is 0 Å². The average Bonchev–Trinajstić information content (AvgIpc) is 2.66. The van der Waals surface area contributed by atoms with Crippen LogP contribution in [0.1, 0.15) is 11.1 Å². The zero-order valence-electron chi connectivity index (χ0n) is 13.4. The Labute approximate surface area is 141 Å². The molecule has 0 saturated carbocycles. The maximum absolute atomic E-state index is 5.35. The molecule has 0 fully saturated rings. The number of aromatic nitrogens is 3. The van der Waals surface area contributed by atoms with Gasteiger partial charge in [0.1, 0.15) is 11.6 Å². The van der Waals surface area contributed by atoms with Crippen LogP contribution in [0.15, 0.2) is 61.1 Å². The van der Waals surface area contributed by atoms with Gasteiger partial charge in [0.15, 0.2) is 0 Å². The average molecular weight is 321 g/mol. The van der Waals surface area contributed by atoms with Crippen molar-refractivity contribution < 1.29 is 4.74 Å². The largest absolute Gasteiger partial charge is 0.496 e. The van der Waals surface area contributed by atoms with Crippen LogP contribution in [0.25, 0.3) is 0 Å². The van der Waals surface area contributed by atoms with E-state index in [1.165, 1.54) is 0 Å². The molecule has 122 valence electrons. The summed E-state index contributed by atoms with van der Waals surface area (Å²) in [5.41, 5.74) is 2.15. The van der Waals surface area contributed by atoms with Crippen molar-refractivity contribution in [2.75, 3.05) is 17.7 Å². The van der Waals surface area contributed by atoms with Crippen LogP contribution in [0.5, 0.6) is 5.75 Å². The Hall–Kier alpha value is -3.15. The van der Waals surface area contributed by atoms with Gasteiger partial charge in [-0.25, -0.2) is 4.98 Å². The Morgan fingerprint density at radius 2 is 1.88 bits per heavy atom. The molecule has 6 nitrogen and oxygen atoms in total. The van der Waals surface area contributed by atoms with Gasteiger partial charge in [0.2, 0.25) is 5.95 Å². The molecule has 0 aliphatic heterocycles. The highest BCUT2D eigenvalue weighted by atomic mass is 16.5. The molecule has 0 atom stereocenters. The molecule has 0 unspecified atom stereocenters. The van der Waals surface area contributed by atoms with E-state index in [9.17, 15) is 0 Å². The molecule has 2 N–H and O–H groups in total. The Kier molecular flexibility index (Phi) is 5.19. The second-order valence-corrected chi connectivity index (χ2v) is 5.15. The number of benzene rings is 1. The standard InChI is InChI=1S/C18H19N5O/c1-24-16-7-3-2-6-15(16)13-22-18-20-10-8-17(23-18)21-12-14-5-4-9-19-11-14/h2-11H,12-13H2,1H3,(H2,20,21,22,23). The van der Waals surface area contributed by atoms with Gasteiger partial charge in [-0.3, -0.25) is 4.98 Å². The Bertz CT molecular complexity index is 779. The van der Waals surface area contributed by atoms with E-state index in [1.807, 2.05) is 48.7 Å². The van der Waals surface area contributed by atoms with Gasteiger partial charge in [-0.2, -0.15) is 4.98 Å². The molecule has 3 rings (SSSR count). The number of ether oxygens (including phenoxy) is 1. The minimum absolute atomic E-state index is 0.567. The first kappa shape index (κ1) is 15.7. The van der Waals surface area contributed by atoms with Crippen molar-refractivity contribution in [1.29, 1.82) is 0 Å². The zero-order valence-corrected chi connectivity index (χ0v) is 13.4. The molecule has 0 spiro atoms. The van der Waals surface area contributed by atoms with E-state index in [0.29, 0.717) is 19.0 Å². The van der Waals surface area contributed by atoms with E-state index < -0.39 is 0 Å². The molecule has 0 aliphatic rings. The smallest absolute Gasteiger partial charge is 0.224 e. The lowest BCUT2D eigenvalue weighted by Crippen LogP contribution is -2.07. The van der Waals surface area contributed by atoms with Gasteiger partial charge in [-0.1, -0.05) is 24.3 Å². The third-order valence-corrected chi connectivity index (χ3v) is 3.48. The van der Waals surface area contributed by atoms with Gasteiger partial charge in [0.05, 0.1) is 7.11 Å². The number of nitrogens with zero attached hydrogens (tertiary/aromatic N) is 3. The van der Waals surface area contributed by atoms with Crippen molar-refractivity contribution in [3.05, 3.63) is 72.2 Å². The lowest BCUT2D eigenvalue weighted by molar-refractivity contribution is 0.410. The minimum atomic E-state index is 0.567. The van der Waals surface area contributed by atoms with Crippen LogP contribution in [-0.2, 0) is 13.1 Å². The van der Waals surface area contributed by atoms with Gasteiger partial charge in [0, 0.05) is 37.2 Å². The van der Waals surface area contributed by atoms with Crippen LogP contribution in [0.4, 0.5) is 11.8 Å². The van der Waals surface area contributed by atoms with E-state index in [-0.39, 0.29) is 0 Å². The molecule has 2 aromatic heterocycles. The monoisotopic (exact) mass is 321 g/mol. The first-order valence-corrected chi connectivity index (χ1v) is 7.67. The first-order valence-electron chi connectivity index (χ1n) is 7.67. The second-order valence-electron chi connectivity index (χ2n) is 5.15. The summed E-state index contributed by atoms with van der Waals surface area (Å²) in [5.74, 6) is 2.17. The Morgan fingerprint density at radius 1 is 0.958 bits per heavy atom. The molecule has 0 radical (unpaired) electrons. The molecular weight excluding hydrogens is 302 g/mol. The fourth-order valence-corrected chi connectivity index (χ4v) is 2.26. The van der Waals surface area contributed by atoms with E-state index in [0.717, 1.165) is 22.7 Å². The number of pyridine rings is 1. The van der Waals surface area contributed by atoms with Crippen LogP contribution >= 0.6 is 0 Å². The summed E-state index contributed by atoms with van der Waals surface area (Å²) in [7, 11) is 1.66. The van der Waals surface area contributed by atoms with E-state index >= 15 is 0 Å². The van der Waals surface area contributed by atoms with Crippen LogP contribution < -0.4 is 15.4 Å². The predicted molar refractivity (Wildman–Crippen MR) is 93.9 cm³/mol. The number of anilines is 2. The van der Waals surface area contributed by atoms with E-state index in [1.54, 1.807) is 19.5 Å². The molecule has 0 saturated heterocycles. The predicted octanol–water partition coefficient (Wildman–Crippen LogP) is 3.10. The maximum Gasteiger partial charge on any atom is 0.224 e. The number of para-hydroxylation sites is 1. The van der Waals surface area contributed by atoms with Crippen molar-refractivity contribution in [2.45, 2.75) is 13.1 Å². The summed E-state index contributed by atoms with van der Waals surface area (Å²) in [5, 5.41) is 6.49. The summed E-state index contributed by atoms with van der Waals surface area (Å²) in [6, 6.07) is 13.6. The van der Waals surface area contributed by atoms with Crippen molar-refractivity contribution in [3.8, 4) is 5.75 Å². The molecule has 0 amide bonds. The lowest BCUT2D eigenvalue weighted by atomic mass is 10.2. The van der Waals surface area contributed by atoms with Gasteiger partial charge >= 0.3 is 0 Å². The SMILES string of the molecule is COc1ccccc1CNc1nccc(NCc2cccnc2)n1. The third kappa shape index (κ3) is 4.19. The zero-order chi connectivity index (χ0) is 16.6. The molecule has 0 bridgehead atoms. The summed E-state index contributed by atoms with van der Waals surface area (Å²) >= 11 is 0. The van der Waals surface area contributed by atoms with Crippen molar-refractivity contribution in [3.63, 3.8) is 0 Å². The highest BCUT2D eigenvalue weighted by Gasteiger charge is 2.03. The quantitative estimate of drug-likeness (QED) is 0.697. The van der Waals surface area contributed by atoms with Crippen molar-refractivity contribution in [1.82, 2.24) is 15.0 Å². The molecular formula is C18H19N5O. The van der Waals surface area contributed by atoms with Crippen molar-refractivity contribution >= 4 is 11.8 Å². The highest BCUT2D eigenvalue weighted by Crippen LogP contribution is 2.18. The Balaban J connectivity index is 1.61. The molecule has 24 heavy (non-hydrogen) atoms. The third-order valence-electron chi connectivity index (χ3n) is 3.48. The molecule has 3 aromatic rings. The molecule has 6 heteroatoms. The Morgan fingerprint density at radius 3 is 2.71 bits per heavy atom.